The maximum Gasteiger partial charge on any atom is 0.276 e. The van der Waals surface area contributed by atoms with Crippen LogP contribution in [0.1, 0.15) is 24.2 Å². The van der Waals surface area contributed by atoms with E-state index in [0.717, 1.165) is 40.1 Å². The Morgan fingerprint density at radius 2 is 1.72 bits per heavy atom. The zero-order chi connectivity index (χ0) is 22.2. The Labute approximate surface area is 190 Å². The molecule has 1 fully saturated rings. The highest BCUT2D eigenvalue weighted by Gasteiger charge is 2.28. The molecule has 5 rings (SSSR count). The number of aryl methyl sites for hydroxylation is 1. The third-order valence-electron chi connectivity index (χ3n) is 6.26. The number of rotatable bonds is 4. The number of piperazine rings is 1. The highest BCUT2D eigenvalue weighted by atomic mass is 32.1. The summed E-state index contributed by atoms with van der Waals surface area (Å²) in [6.45, 7) is 7.55. The highest BCUT2D eigenvalue weighted by molar-refractivity contribution is 7.26. The summed E-state index contributed by atoms with van der Waals surface area (Å²) in [5.74, 6) is -0.0442. The lowest BCUT2D eigenvalue weighted by molar-refractivity contribution is -0.136. The summed E-state index contributed by atoms with van der Waals surface area (Å²) < 4.78 is 3.35. The van der Waals surface area contributed by atoms with Gasteiger partial charge in [-0.3, -0.25) is 14.5 Å². The van der Waals surface area contributed by atoms with Crippen LogP contribution in [0.4, 0.5) is 0 Å². The maximum atomic E-state index is 13.4. The molecule has 3 heterocycles. The lowest BCUT2D eigenvalue weighted by Gasteiger charge is -2.36. The van der Waals surface area contributed by atoms with Crippen LogP contribution in [0.25, 0.3) is 20.2 Å². The Morgan fingerprint density at radius 1 is 1.03 bits per heavy atom. The van der Waals surface area contributed by atoms with Crippen molar-refractivity contribution in [3.8, 4) is 0 Å². The van der Waals surface area contributed by atoms with Crippen molar-refractivity contribution < 1.29 is 4.79 Å². The number of carbonyl (C=O) groups excluding carboxylic acids is 1. The smallest absolute Gasteiger partial charge is 0.276 e. The van der Waals surface area contributed by atoms with Crippen LogP contribution >= 0.6 is 11.3 Å². The van der Waals surface area contributed by atoms with Gasteiger partial charge in [-0.15, -0.1) is 11.3 Å². The van der Waals surface area contributed by atoms with Crippen LogP contribution in [0.2, 0.25) is 0 Å². The van der Waals surface area contributed by atoms with Crippen LogP contribution in [0.3, 0.4) is 0 Å². The average molecular weight is 447 g/mol. The third-order valence-corrected chi connectivity index (χ3v) is 7.54. The van der Waals surface area contributed by atoms with E-state index in [1.54, 1.807) is 18.3 Å². The second-order valence-corrected chi connectivity index (χ2v) is 9.45. The monoisotopic (exact) mass is 446 g/mol. The molecule has 1 aliphatic rings. The second kappa shape index (κ2) is 8.48. The molecule has 4 aromatic rings. The van der Waals surface area contributed by atoms with Crippen molar-refractivity contribution in [2.75, 3.05) is 26.2 Å². The molecule has 0 N–H and O–H groups in total. The Bertz CT molecular complexity index is 1340. The van der Waals surface area contributed by atoms with Crippen molar-refractivity contribution in [1.82, 2.24) is 19.6 Å². The first kappa shape index (κ1) is 20.8. The summed E-state index contributed by atoms with van der Waals surface area (Å²) in [5, 5.41) is 6.15. The number of aromatic nitrogens is 2. The van der Waals surface area contributed by atoms with E-state index in [-0.39, 0.29) is 11.5 Å². The first-order valence-corrected chi connectivity index (χ1v) is 11.8. The Kier molecular flexibility index (Phi) is 5.53. The van der Waals surface area contributed by atoms with Crippen LogP contribution in [0.5, 0.6) is 0 Å². The zero-order valence-corrected chi connectivity index (χ0v) is 19.1. The molecule has 0 saturated carbocycles. The molecular weight excluding hydrogens is 420 g/mol. The largest absolute Gasteiger partial charge is 0.338 e. The Morgan fingerprint density at radius 3 is 2.47 bits per heavy atom. The van der Waals surface area contributed by atoms with Gasteiger partial charge in [-0.25, -0.2) is 4.68 Å². The van der Waals surface area contributed by atoms with E-state index in [0.29, 0.717) is 18.5 Å². The lowest BCUT2D eigenvalue weighted by Crippen LogP contribution is -2.50. The molecule has 0 spiro atoms. The van der Waals surface area contributed by atoms with E-state index >= 15 is 0 Å². The minimum atomic E-state index is -0.634. The average Bonchev–Trinajstić information content (AvgIpc) is 3.22. The van der Waals surface area contributed by atoms with Gasteiger partial charge in [0.2, 0.25) is 5.91 Å². The zero-order valence-electron chi connectivity index (χ0n) is 18.3. The molecule has 2 aromatic carbocycles. The number of nitrogens with zero attached hydrogens (tertiary/aromatic N) is 4. The molecule has 32 heavy (non-hydrogen) atoms. The second-order valence-electron chi connectivity index (χ2n) is 8.40. The molecule has 1 atom stereocenters. The number of carbonyl (C=O) groups is 1. The fraction of sp³-hybridized carbons (Fsp3) is 0.320. The van der Waals surface area contributed by atoms with Crippen molar-refractivity contribution in [3.05, 3.63) is 76.2 Å². The number of amides is 1. The molecule has 1 aliphatic heterocycles. The van der Waals surface area contributed by atoms with Crippen LogP contribution in [-0.2, 0) is 11.3 Å². The summed E-state index contributed by atoms with van der Waals surface area (Å²) >= 11 is 1.58. The molecule has 0 aliphatic carbocycles. The van der Waals surface area contributed by atoms with Gasteiger partial charge in [0.05, 0.1) is 15.8 Å². The van der Waals surface area contributed by atoms with E-state index in [4.69, 9.17) is 0 Å². The summed E-state index contributed by atoms with van der Waals surface area (Å²) in [4.78, 5) is 30.9. The Balaban J connectivity index is 1.36. The summed E-state index contributed by atoms with van der Waals surface area (Å²) in [6.07, 6.45) is 0. The van der Waals surface area contributed by atoms with E-state index in [1.807, 2.05) is 42.2 Å². The third kappa shape index (κ3) is 3.72. The molecule has 6 nitrogen and oxygen atoms in total. The van der Waals surface area contributed by atoms with Gasteiger partial charge in [0.25, 0.3) is 5.56 Å². The molecule has 7 heteroatoms. The standard InChI is InChI=1S/C25H26N4O2S/c1-17-23-22(20-10-6-7-11-21(20)32-23)25(31)29(26-17)18(2)24(30)28-14-12-27(13-15-28)16-19-8-4-3-5-9-19/h3-11,18H,12-16H2,1-2H3. The van der Waals surface area contributed by atoms with Gasteiger partial charge in [-0.2, -0.15) is 5.10 Å². The molecule has 2 aromatic heterocycles. The minimum absolute atomic E-state index is 0.0442. The molecule has 1 unspecified atom stereocenters. The number of thiophene rings is 1. The van der Waals surface area contributed by atoms with Crippen molar-refractivity contribution in [1.29, 1.82) is 0 Å². The predicted molar refractivity (Wildman–Crippen MR) is 129 cm³/mol. The SMILES string of the molecule is Cc1nn(C(C)C(=O)N2CCN(Cc3ccccc3)CC2)c(=O)c2c1sc1ccccc12. The van der Waals surface area contributed by atoms with Gasteiger partial charge in [0.15, 0.2) is 0 Å². The van der Waals surface area contributed by atoms with E-state index in [9.17, 15) is 9.59 Å². The van der Waals surface area contributed by atoms with Crippen molar-refractivity contribution in [2.45, 2.75) is 26.4 Å². The van der Waals surface area contributed by atoms with Gasteiger partial charge in [-0.1, -0.05) is 48.5 Å². The highest BCUT2D eigenvalue weighted by Crippen LogP contribution is 2.33. The summed E-state index contributed by atoms with van der Waals surface area (Å²) in [6, 6.07) is 17.7. The number of hydrogen-bond acceptors (Lipinski definition) is 5. The fourth-order valence-electron chi connectivity index (χ4n) is 4.48. The van der Waals surface area contributed by atoms with Crippen molar-refractivity contribution in [2.24, 2.45) is 0 Å². The minimum Gasteiger partial charge on any atom is -0.338 e. The summed E-state index contributed by atoms with van der Waals surface area (Å²) in [5.41, 5.74) is 1.88. The summed E-state index contributed by atoms with van der Waals surface area (Å²) in [7, 11) is 0. The van der Waals surface area contributed by atoms with Gasteiger partial charge in [0.1, 0.15) is 6.04 Å². The molecule has 0 bridgehead atoms. The fourth-order valence-corrected chi connectivity index (χ4v) is 5.61. The van der Waals surface area contributed by atoms with Gasteiger partial charge in [-0.05, 0) is 25.5 Å². The normalized spacial score (nSPS) is 16.0. The van der Waals surface area contributed by atoms with Crippen LogP contribution in [-0.4, -0.2) is 51.7 Å². The number of benzene rings is 2. The topological polar surface area (TPSA) is 58.4 Å². The van der Waals surface area contributed by atoms with Crippen LogP contribution < -0.4 is 5.56 Å². The van der Waals surface area contributed by atoms with E-state index in [1.165, 1.54) is 10.2 Å². The van der Waals surface area contributed by atoms with Crippen molar-refractivity contribution >= 4 is 37.4 Å². The van der Waals surface area contributed by atoms with Gasteiger partial charge >= 0.3 is 0 Å². The Hall–Kier alpha value is -3.03. The van der Waals surface area contributed by atoms with Gasteiger partial charge in [0, 0.05) is 42.8 Å². The molecular formula is C25H26N4O2S. The van der Waals surface area contributed by atoms with E-state index in [2.05, 4.69) is 34.3 Å². The first-order chi connectivity index (χ1) is 15.5. The lowest BCUT2D eigenvalue weighted by atomic mass is 10.1. The first-order valence-electron chi connectivity index (χ1n) is 11.0. The number of hydrogen-bond donors (Lipinski definition) is 0. The van der Waals surface area contributed by atoms with Crippen LogP contribution in [0.15, 0.2) is 59.4 Å². The maximum absolute atomic E-state index is 13.4. The van der Waals surface area contributed by atoms with Crippen LogP contribution in [0, 0.1) is 6.92 Å². The molecule has 164 valence electrons. The quantitative estimate of drug-likeness (QED) is 0.478. The predicted octanol–water partition coefficient (Wildman–Crippen LogP) is 3.83. The van der Waals surface area contributed by atoms with E-state index < -0.39 is 6.04 Å². The number of fused-ring (bicyclic) bond motifs is 3. The molecule has 1 saturated heterocycles. The molecule has 0 radical (unpaired) electrons. The van der Waals surface area contributed by atoms with Gasteiger partial charge < -0.3 is 4.90 Å². The van der Waals surface area contributed by atoms with Crippen molar-refractivity contribution in [3.63, 3.8) is 0 Å². The molecule has 1 amide bonds.